The molecule has 1 aliphatic heterocycles. The number of nitrogens with zero attached hydrogens (tertiary/aromatic N) is 1. The van der Waals surface area contributed by atoms with Crippen LogP contribution in [0, 0.1) is 19.3 Å². The molecule has 0 unspecified atom stereocenters. The molecule has 3 atom stereocenters. The first-order valence-corrected chi connectivity index (χ1v) is 14.2. The summed E-state index contributed by atoms with van der Waals surface area (Å²) in [6.07, 6.45) is 6.06. The highest BCUT2D eigenvalue weighted by Gasteiger charge is 2.53. The Morgan fingerprint density at radius 2 is 2.00 bits per heavy atom. The molecule has 0 spiro atoms. The van der Waals surface area contributed by atoms with Gasteiger partial charge in [0, 0.05) is 18.2 Å². The van der Waals surface area contributed by atoms with Crippen molar-refractivity contribution < 1.29 is 21.8 Å². The van der Waals surface area contributed by atoms with Crippen LogP contribution in [-0.4, -0.2) is 50.9 Å². The van der Waals surface area contributed by atoms with E-state index in [1.807, 2.05) is 13.1 Å². The maximum Gasteiger partial charge on any atom is 0.330 e. The van der Waals surface area contributed by atoms with Crippen molar-refractivity contribution in [3.05, 3.63) is 32.6 Å². The van der Waals surface area contributed by atoms with Crippen LogP contribution >= 0.6 is 0 Å². The Bertz CT molecular complexity index is 1060. The molecule has 11 heteroatoms. The predicted molar refractivity (Wildman–Crippen MR) is 115 cm³/mol. The maximum absolute atomic E-state index is 12.3. The van der Waals surface area contributed by atoms with Gasteiger partial charge < -0.3 is 9.16 Å². The third-order valence-electron chi connectivity index (χ3n) is 5.73. The summed E-state index contributed by atoms with van der Waals surface area (Å²) in [6.45, 7) is 11.7. The van der Waals surface area contributed by atoms with Crippen LogP contribution < -0.4 is 11.2 Å². The molecule has 30 heavy (non-hydrogen) atoms. The van der Waals surface area contributed by atoms with E-state index in [-0.39, 0.29) is 18.1 Å². The SMILES string of the molecule is C#C[C@]1(CO[Si](C)(C)C(C)(C)C)O[C@@H](n2cc(C)c(=O)[nH]c2=O)C[C@@H]1OS(C)(=O)=O. The molecule has 0 aliphatic carbocycles. The van der Waals surface area contributed by atoms with Crippen molar-refractivity contribution in [1.29, 1.82) is 0 Å². The second-order valence-corrected chi connectivity index (χ2v) is 15.6. The Labute approximate surface area is 178 Å². The van der Waals surface area contributed by atoms with E-state index >= 15 is 0 Å². The minimum atomic E-state index is -3.87. The minimum absolute atomic E-state index is 0.0104. The molecule has 1 saturated heterocycles. The number of nitrogens with one attached hydrogen (secondary N) is 1. The maximum atomic E-state index is 12.3. The van der Waals surface area contributed by atoms with Gasteiger partial charge in [-0.2, -0.15) is 8.42 Å². The van der Waals surface area contributed by atoms with Crippen molar-refractivity contribution in [2.45, 2.75) is 70.2 Å². The van der Waals surface area contributed by atoms with Crippen LogP contribution in [-0.2, 0) is 23.5 Å². The van der Waals surface area contributed by atoms with Crippen molar-refractivity contribution in [2.75, 3.05) is 12.9 Å². The number of hydrogen-bond acceptors (Lipinski definition) is 7. The van der Waals surface area contributed by atoms with E-state index in [9.17, 15) is 18.0 Å². The van der Waals surface area contributed by atoms with Crippen LogP contribution in [0.1, 0.15) is 39.0 Å². The largest absolute Gasteiger partial charge is 0.413 e. The van der Waals surface area contributed by atoms with Crippen LogP contribution in [0.25, 0.3) is 0 Å². The zero-order chi connectivity index (χ0) is 23.1. The van der Waals surface area contributed by atoms with Crippen LogP contribution in [0.3, 0.4) is 0 Å². The molecule has 0 saturated carbocycles. The molecule has 1 aliphatic rings. The molecule has 2 rings (SSSR count). The molecular weight excluding hydrogens is 428 g/mol. The Balaban J connectivity index is 2.46. The summed E-state index contributed by atoms with van der Waals surface area (Å²) >= 11 is 0. The first-order valence-electron chi connectivity index (χ1n) is 9.51. The molecular formula is C19H30N2O7SSi. The number of aryl methyl sites for hydroxylation is 1. The molecule has 1 N–H and O–H groups in total. The molecule has 0 aromatic carbocycles. The number of hydrogen-bond donors (Lipinski definition) is 1. The Morgan fingerprint density at radius 3 is 2.50 bits per heavy atom. The summed E-state index contributed by atoms with van der Waals surface area (Å²) in [5.74, 6) is 2.52. The lowest BCUT2D eigenvalue weighted by atomic mass is 9.99. The first-order chi connectivity index (χ1) is 13.5. The summed E-state index contributed by atoms with van der Waals surface area (Å²) in [6, 6.07) is 0. The smallest absolute Gasteiger partial charge is 0.330 e. The van der Waals surface area contributed by atoms with E-state index in [4.69, 9.17) is 19.8 Å². The van der Waals surface area contributed by atoms with Gasteiger partial charge in [0.2, 0.25) is 0 Å². The van der Waals surface area contributed by atoms with E-state index < -0.39 is 47.6 Å². The van der Waals surface area contributed by atoms with Gasteiger partial charge in [0.1, 0.15) is 12.3 Å². The molecule has 2 heterocycles. The third kappa shape index (κ3) is 5.12. The lowest BCUT2D eigenvalue weighted by molar-refractivity contribution is -0.0833. The van der Waals surface area contributed by atoms with Crippen molar-refractivity contribution in [3.8, 4) is 12.3 Å². The average molecular weight is 459 g/mol. The lowest BCUT2D eigenvalue weighted by Crippen LogP contribution is -2.50. The van der Waals surface area contributed by atoms with Crippen LogP contribution in [0.15, 0.2) is 15.8 Å². The summed E-state index contributed by atoms with van der Waals surface area (Å²) in [5.41, 5.74) is -2.42. The number of aromatic amines is 1. The Morgan fingerprint density at radius 1 is 1.40 bits per heavy atom. The van der Waals surface area contributed by atoms with Crippen molar-refractivity contribution in [1.82, 2.24) is 9.55 Å². The summed E-state index contributed by atoms with van der Waals surface area (Å²) < 4.78 is 42.4. The van der Waals surface area contributed by atoms with E-state index in [2.05, 4.69) is 31.7 Å². The van der Waals surface area contributed by atoms with Gasteiger partial charge in [-0.1, -0.05) is 26.7 Å². The number of rotatable bonds is 6. The number of terminal acetylenes is 1. The summed E-state index contributed by atoms with van der Waals surface area (Å²) in [7, 11) is -6.12. The van der Waals surface area contributed by atoms with Crippen LogP contribution in [0.2, 0.25) is 18.1 Å². The fourth-order valence-corrected chi connectivity index (χ4v) is 4.50. The van der Waals surface area contributed by atoms with Gasteiger partial charge in [-0.05, 0) is 25.1 Å². The van der Waals surface area contributed by atoms with E-state index in [1.165, 1.54) is 10.8 Å². The van der Waals surface area contributed by atoms with E-state index in [0.717, 1.165) is 6.26 Å². The van der Waals surface area contributed by atoms with E-state index in [1.54, 1.807) is 6.92 Å². The summed E-state index contributed by atoms with van der Waals surface area (Å²) in [5, 5.41) is -0.110. The Hall–Kier alpha value is -1.71. The molecule has 168 valence electrons. The standard InChI is InChI=1S/C19H30N2O7SSi/c1-9-19(12-26-30(7,8)18(3,4)5)14(28-29(6,24)25)10-15(27-19)21-11-13(2)16(22)20-17(21)23/h1,11,14-15H,10,12H2,2-8H3,(H,20,22,23)/t14-,15+,19+/m0/s1. The van der Waals surface area contributed by atoms with Gasteiger partial charge in [-0.15, -0.1) is 6.42 Å². The highest BCUT2D eigenvalue weighted by Crippen LogP contribution is 2.42. The minimum Gasteiger partial charge on any atom is -0.413 e. The number of H-pyrrole nitrogens is 1. The predicted octanol–water partition coefficient (Wildman–Crippen LogP) is 1.50. The molecule has 0 amide bonds. The quantitative estimate of drug-likeness (QED) is 0.390. The number of ether oxygens (including phenoxy) is 1. The third-order valence-corrected chi connectivity index (χ3v) is 10.8. The van der Waals surface area contributed by atoms with Gasteiger partial charge in [0.25, 0.3) is 15.7 Å². The molecule has 1 fully saturated rings. The van der Waals surface area contributed by atoms with Gasteiger partial charge in [-0.25, -0.2) is 4.79 Å². The van der Waals surface area contributed by atoms with E-state index in [0.29, 0.717) is 5.56 Å². The van der Waals surface area contributed by atoms with Crippen LogP contribution in [0.5, 0.6) is 0 Å². The molecule has 0 radical (unpaired) electrons. The van der Waals surface area contributed by atoms with Gasteiger partial charge in [0.15, 0.2) is 13.9 Å². The zero-order valence-electron chi connectivity index (χ0n) is 18.4. The van der Waals surface area contributed by atoms with Crippen molar-refractivity contribution in [2.24, 2.45) is 0 Å². The molecule has 0 bridgehead atoms. The van der Waals surface area contributed by atoms with Crippen LogP contribution in [0.4, 0.5) is 0 Å². The molecule has 9 nitrogen and oxygen atoms in total. The normalized spacial score (nSPS) is 25.3. The number of aromatic nitrogens is 2. The second-order valence-electron chi connectivity index (χ2n) is 9.16. The topological polar surface area (TPSA) is 117 Å². The molecule has 1 aromatic heterocycles. The fraction of sp³-hybridized carbons (Fsp3) is 0.684. The van der Waals surface area contributed by atoms with Gasteiger partial charge in [0.05, 0.1) is 12.9 Å². The first kappa shape index (κ1) is 24.6. The lowest BCUT2D eigenvalue weighted by Gasteiger charge is -2.39. The van der Waals surface area contributed by atoms with Gasteiger partial charge in [-0.3, -0.25) is 18.5 Å². The zero-order valence-corrected chi connectivity index (χ0v) is 20.3. The fourth-order valence-electron chi connectivity index (χ4n) is 2.84. The highest BCUT2D eigenvalue weighted by atomic mass is 32.2. The van der Waals surface area contributed by atoms with Crippen molar-refractivity contribution >= 4 is 18.4 Å². The van der Waals surface area contributed by atoms with Crippen molar-refractivity contribution in [3.63, 3.8) is 0 Å². The summed E-state index contributed by atoms with van der Waals surface area (Å²) in [4.78, 5) is 26.2. The monoisotopic (exact) mass is 458 g/mol. The second kappa shape index (κ2) is 8.09. The highest BCUT2D eigenvalue weighted by molar-refractivity contribution is 7.86. The average Bonchev–Trinajstić information content (AvgIpc) is 2.92. The molecule has 1 aromatic rings. The van der Waals surface area contributed by atoms with Gasteiger partial charge >= 0.3 is 5.69 Å². The Kier molecular flexibility index (Phi) is 6.62.